The van der Waals surface area contributed by atoms with Gasteiger partial charge >= 0.3 is 5.97 Å². The summed E-state index contributed by atoms with van der Waals surface area (Å²) in [4.78, 5) is 11.7. The van der Waals surface area contributed by atoms with Gasteiger partial charge in [0.05, 0.1) is 12.2 Å². The first kappa shape index (κ1) is 17.5. The molecule has 0 saturated heterocycles. The van der Waals surface area contributed by atoms with E-state index in [0.29, 0.717) is 18.1 Å². The molecule has 0 bridgehead atoms. The summed E-state index contributed by atoms with van der Waals surface area (Å²) >= 11 is 0. The molecule has 1 unspecified atom stereocenters. The van der Waals surface area contributed by atoms with Crippen molar-refractivity contribution in [3.05, 3.63) is 29.8 Å². The van der Waals surface area contributed by atoms with Gasteiger partial charge in [0, 0.05) is 6.61 Å². The molecular formula is C17H26O4. The molecule has 0 aromatic heterocycles. The largest absolute Gasteiger partial charge is 0.508 e. The smallest absolute Gasteiger partial charge is 0.338 e. The number of esters is 1. The molecule has 1 aromatic rings. The molecule has 0 fully saturated rings. The second-order valence-electron chi connectivity index (χ2n) is 5.17. The van der Waals surface area contributed by atoms with E-state index < -0.39 is 5.97 Å². The zero-order chi connectivity index (χ0) is 15.5. The Morgan fingerprint density at radius 3 is 2.52 bits per heavy atom. The predicted octanol–water partition coefficient (Wildman–Crippen LogP) is 3.78. The van der Waals surface area contributed by atoms with Crippen LogP contribution in [0, 0.1) is 5.92 Å². The fourth-order valence-electron chi connectivity index (χ4n) is 2.02. The number of ether oxygens (including phenoxy) is 2. The first-order chi connectivity index (χ1) is 10.2. The molecule has 1 N–H and O–H groups in total. The normalized spacial score (nSPS) is 12.1. The molecule has 1 aromatic carbocycles. The van der Waals surface area contributed by atoms with Crippen molar-refractivity contribution in [2.75, 3.05) is 19.8 Å². The Balaban J connectivity index is 2.15. The summed E-state index contributed by atoms with van der Waals surface area (Å²) in [5.41, 5.74) is 0.433. The Labute approximate surface area is 127 Å². The first-order valence-electron chi connectivity index (χ1n) is 7.71. The quantitative estimate of drug-likeness (QED) is 0.527. The van der Waals surface area contributed by atoms with Crippen LogP contribution in [0.1, 0.15) is 49.9 Å². The number of aromatic hydroxyl groups is 1. The van der Waals surface area contributed by atoms with Gasteiger partial charge in [0.2, 0.25) is 0 Å². The van der Waals surface area contributed by atoms with Crippen LogP contribution in [-0.4, -0.2) is 30.9 Å². The van der Waals surface area contributed by atoms with Crippen LogP contribution < -0.4 is 0 Å². The first-order valence-corrected chi connectivity index (χ1v) is 7.71. The Hall–Kier alpha value is -1.55. The van der Waals surface area contributed by atoms with Crippen LogP contribution in [-0.2, 0) is 9.47 Å². The predicted molar refractivity (Wildman–Crippen MR) is 82.5 cm³/mol. The van der Waals surface area contributed by atoms with Crippen molar-refractivity contribution in [2.45, 2.75) is 39.5 Å². The molecule has 0 spiro atoms. The third-order valence-electron chi connectivity index (χ3n) is 3.46. The average Bonchev–Trinajstić information content (AvgIpc) is 2.50. The Bertz CT molecular complexity index is 400. The molecule has 0 aliphatic carbocycles. The van der Waals surface area contributed by atoms with Gasteiger partial charge in [-0.15, -0.1) is 0 Å². The standard InChI is InChI=1S/C17H26O4/c1-3-5-6-14(4-2)13-20-11-12-21-17(19)15-7-9-16(18)10-8-15/h7-10,14,18H,3-6,11-13H2,1-2H3. The van der Waals surface area contributed by atoms with E-state index in [0.717, 1.165) is 13.0 Å². The zero-order valence-corrected chi connectivity index (χ0v) is 13.0. The van der Waals surface area contributed by atoms with E-state index in [1.807, 2.05) is 0 Å². The fourth-order valence-corrected chi connectivity index (χ4v) is 2.02. The minimum absolute atomic E-state index is 0.132. The van der Waals surface area contributed by atoms with Crippen molar-refractivity contribution in [3.8, 4) is 5.75 Å². The Morgan fingerprint density at radius 1 is 1.19 bits per heavy atom. The molecular weight excluding hydrogens is 268 g/mol. The van der Waals surface area contributed by atoms with Crippen molar-refractivity contribution >= 4 is 5.97 Å². The number of carbonyl (C=O) groups is 1. The molecule has 21 heavy (non-hydrogen) atoms. The van der Waals surface area contributed by atoms with Crippen LogP contribution in [0.4, 0.5) is 0 Å². The lowest BCUT2D eigenvalue weighted by atomic mass is 10.0. The molecule has 0 radical (unpaired) electrons. The van der Waals surface area contributed by atoms with E-state index in [1.165, 1.54) is 43.5 Å². The van der Waals surface area contributed by atoms with Crippen LogP contribution in [0.5, 0.6) is 5.75 Å². The number of benzene rings is 1. The van der Waals surface area contributed by atoms with Crippen LogP contribution in [0.25, 0.3) is 0 Å². The summed E-state index contributed by atoms with van der Waals surface area (Å²) < 4.78 is 10.7. The monoisotopic (exact) mass is 294 g/mol. The highest BCUT2D eigenvalue weighted by Crippen LogP contribution is 2.13. The van der Waals surface area contributed by atoms with Crippen molar-refractivity contribution in [3.63, 3.8) is 0 Å². The molecule has 0 aliphatic heterocycles. The van der Waals surface area contributed by atoms with Crippen molar-refractivity contribution < 1.29 is 19.4 Å². The number of unbranched alkanes of at least 4 members (excludes halogenated alkanes) is 1. The summed E-state index contributed by atoms with van der Waals surface area (Å²) in [6.45, 7) is 5.77. The lowest BCUT2D eigenvalue weighted by Gasteiger charge is -2.14. The van der Waals surface area contributed by atoms with Crippen LogP contribution in [0.3, 0.4) is 0 Å². The summed E-state index contributed by atoms with van der Waals surface area (Å²) in [6, 6.07) is 6.01. The maximum absolute atomic E-state index is 11.7. The van der Waals surface area contributed by atoms with Gasteiger partial charge in [0.25, 0.3) is 0 Å². The van der Waals surface area contributed by atoms with Gasteiger partial charge in [-0.2, -0.15) is 0 Å². The second-order valence-corrected chi connectivity index (χ2v) is 5.17. The van der Waals surface area contributed by atoms with E-state index >= 15 is 0 Å². The highest BCUT2D eigenvalue weighted by molar-refractivity contribution is 5.89. The Kier molecular flexibility index (Phi) is 8.51. The second kappa shape index (κ2) is 10.2. The molecule has 1 atom stereocenters. The fraction of sp³-hybridized carbons (Fsp3) is 0.588. The number of carbonyl (C=O) groups excluding carboxylic acids is 1. The number of hydrogen-bond acceptors (Lipinski definition) is 4. The summed E-state index contributed by atoms with van der Waals surface area (Å²) in [5, 5.41) is 9.15. The molecule has 0 amide bonds. The third-order valence-corrected chi connectivity index (χ3v) is 3.46. The van der Waals surface area contributed by atoms with E-state index in [4.69, 9.17) is 14.6 Å². The molecule has 4 nitrogen and oxygen atoms in total. The lowest BCUT2D eigenvalue weighted by Crippen LogP contribution is -2.14. The number of phenols is 1. The minimum atomic E-state index is -0.392. The minimum Gasteiger partial charge on any atom is -0.508 e. The highest BCUT2D eigenvalue weighted by Gasteiger charge is 2.08. The van der Waals surface area contributed by atoms with E-state index in [1.54, 1.807) is 0 Å². The van der Waals surface area contributed by atoms with E-state index in [-0.39, 0.29) is 12.4 Å². The molecule has 4 heteroatoms. The van der Waals surface area contributed by atoms with Crippen molar-refractivity contribution in [1.29, 1.82) is 0 Å². The van der Waals surface area contributed by atoms with Crippen LogP contribution in [0.2, 0.25) is 0 Å². The third kappa shape index (κ3) is 7.14. The van der Waals surface area contributed by atoms with Gasteiger partial charge in [-0.25, -0.2) is 4.79 Å². The molecule has 0 aliphatic rings. The molecule has 118 valence electrons. The number of rotatable bonds is 10. The maximum Gasteiger partial charge on any atom is 0.338 e. The van der Waals surface area contributed by atoms with Gasteiger partial charge in [-0.3, -0.25) is 0 Å². The molecule has 1 rings (SSSR count). The lowest BCUT2D eigenvalue weighted by molar-refractivity contribution is 0.0246. The number of phenolic OH excluding ortho intramolecular Hbond substituents is 1. The number of hydrogen-bond donors (Lipinski definition) is 1. The van der Waals surface area contributed by atoms with Gasteiger partial charge in [0.15, 0.2) is 0 Å². The van der Waals surface area contributed by atoms with Crippen LogP contribution in [0.15, 0.2) is 24.3 Å². The van der Waals surface area contributed by atoms with Gasteiger partial charge in [-0.05, 0) is 36.6 Å². The summed E-state index contributed by atoms with van der Waals surface area (Å²) in [6.07, 6.45) is 4.76. The van der Waals surface area contributed by atoms with E-state index in [9.17, 15) is 4.79 Å². The topological polar surface area (TPSA) is 55.8 Å². The Morgan fingerprint density at radius 2 is 1.90 bits per heavy atom. The van der Waals surface area contributed by atoms with Gasteiger partial charge in [0.1, 0.15) is 12.4 Å². The van der Waals surface area contributed by atoms with Crippen LogP contribution >= 0.6 is 0 Å². The van der Waals surface area contributed by atoms with Crippen molar-refractivity contribution in [2.24, 2.45) is 5.92 Å². The SMILES string of the molecule is CCCCC(CC)COCCOC(=O)c1ccc(O)cc1. The maximum atomic E-state index is 11.7. The van der Waals surface area contributed by atoms with Crippen molar-refractivity contribution in [1.82, 2.24) is 0 Å². The highest BCUT2D eigenvalue weighted by atomic mass is 16.6. The summed E-state index contributed by atoms with van der Waals surface area (Å²) in [7, 11) is 0. The average molecular weight is 294 g/mol. The summed E-state index contributed by atoms with van der Waals surface area (Å²) in [5.74, 6) is 0.335. The van der Waals surface area contributed by atoms with E-state index in [2.05, 4.69) is 13.8 Å². The zero-order valence-electron chi connectivity index (χ0n) is 13.0. The molecule has 0 saturated carbocycles. The van der Waals surface area contributed by atoms with Gasteiger partial charge in [-0.1, -0.05) is 33.1 Å². The molecule has 0 heterocycles. The van der Waals surface area contributed by atoms with Gasteiger partial charge < -0.3 is 14.6 Å².